The van der Waals surface area contributed by atoms with Gasteiger partial charge in [-0.2, -0.15) is 0 Å². The molecule has 0 unspecified atom stereocenters. The predicted molar refractivity (Wildman–Crippen MR) is 95.7 cm³/mol. The molecule has 146 valence electrons. The van der Waals surface area contributed by atoms with Crippen LogP contribution in [0, 0.1) is 11.6 Å². The molecular formula is C19H25F2N5O. The molecule has 0 amide bonds. The van der Waals surface area contributed by atoms with Crippen LogP contribution in [0.15, 0.2) is 18.2 Å². The fourth-order valence-electron chi connectivity index (χ4n) is 4.17. The number of benzene rings is 1. The summed E-state index contributed by atoms with van der Waals surface area (Å²) in [6.45, 7) is 7.34. The lowest BCUT2D eigenvalue weighted by Gasteiger charge is -2.31. The molecule has 27 heavy (non-hydrogen) atoms. The third-order valence-electron chi connectivity index (χ3n) is 5.55. The molecule has 1 aromatic carbocycles. The van der Waals surface area contributed by atoms with Gasteiger partial charge in [0.05, 0.1) is 18.7 Å². The van der Waals surface area contributed by atoms with Gasteiger partial charge in [0.1, 0.15) is 17.5 Å². The Morgan fingerprint density at radius 1 is 1.22 bits per heavy atom. The van der Waals surface area contributed by atoms with Crippen LogP contribution in [0.3, 0.4) is 0 Å². The van der Waals surface area contributed by atoms with Gasteiger partial charge in [-0.05, 0) is 26.3 Å². The van der Waals surface area contributed by atoms with Crippen molar-refractivity contribution >= 4 is 0 Å². The van der Waals surface area contributed by atoms with E-state index < -0.39 is 11.6 Å². The van der Waals surface area contributed by atoms with Crippen molar-refractivity contribution in [2.75, 3.05) is 13.1 Å². The molecule has 1 fully saturated rings. The molecule has 2 atom stereocenters. The molecule has 3 heterocycles. The summed E-state index contributed by atoms with van der Waals surface area (Å²) in [5.41, 5.74) is 0.481. The lowest BCUT2D eigenvalue weighted by molar-refractivity contribution is 0.155. The number of rotatable bonds is 4. The summed E-state index contributed by atoms with van der Waals surface area (Å²) < 4.78 is 29.2. The summed E-state index contributed by atoms with van der Waals surface area (Å²) in [7, 11) is 0. The molecule has 8 heteroatoms. The van der Waals surface area contributed by atoms with E-state index in [-0.39, 0.29) is 12.1 Å². The molecule has 6 nitrogen and oxygen atoms in total. The number of halogens is 2. The number of hydrogen-bond acceptors (Lipinski definition) is 5. The standard InChI is InChI=1S/C19H25F2N5O/c1-12(2)26-10-15(27)8-17(26)19-23-22-18-11-24(5-6-25(18)19)9-13-3-4-14(20)7-16(13)21/h3-4,7,12,15,17,27H,5-6,8-11H2,1-2H3/t15-,17-/m0/s1. The summed E-state index contributed by atoms with van der Waals surface area (Å²) >= 11 is 0. The number of aliphatic hydroxyl groups excluding tert-OH is 1. The summed E-state index contributed by atoms with van der Waals surface area (Å²) in [5, 5.41) is 18.9. The third kappa shape index (κ3) is 3.61. The zero-order valence-electron chi connectivity index (χ0n) is 15.6. The van der Waals surface area contributed by atoms with E-state index in [0.29, 0.717) is 37.7 Å². The molecule has 1 saturated heterocycles. The van der Waals surface area contributed by atoms with Crippen LogP contribution in [-0.2, 0) is 19.6 Å². The van der Waals surface area contributed by atoms with Crippen molar-refractivity contribution in [3.63, 3.8) is 0 Å². The Kier molecular flexibility index (Phi) is 4.96. The van der Waals surface area contributed by atoms with E-state index in [4.69, 9.17) is 0 Å². The minimum Gasteiger partial charge on any atom is -0.392 e. The average Bonchev–Trinajstić information content (AvgIpc) is 3.20. The van der Waals surface area contributed by atoms with Crippen LogP contribution in [0.5, 0.6) is 0 Å². The van der Waals surface area contributed by atoms with Crippen LogP contribution in [0.25, 0.3) is 0 Å². The highest BCUT2D eigenvalue weighted by atomic mass is 19.1. The van der Waals surface area contributed by atoms with Gasteiger partial charge < -0.3 is 9.67 Å². The van der Waals surface area contributed by atoms with E-state index in [1.165, 1.54) is 12.1 Å². The molecule has 1 aromatic heterocycles. The molecule has 0 saturated carbocycles. The van der Waals surface area contributed by atoms with E-state index >= 15 is 0 Å². The largest absolute Gasteiger partial charge is 0.392 e. The zero-order valence-corrected chi connectivity index (χ0v) is 15.6. The number of hydrogen-bond donors (Lipinski definition) is 1. The number of nitrogens with zero attached hydrogens (tertiary/aromatic N) is 5. The first-order chi connectivity index (χ1) is 12.9. The van der Waals surface area contributed by atoms with Crippen LogP contribution in [0.1, 0.15) is 43.5 Å². The first-order valence-electron chi connectivity index (χ1n) is 9.44. The SMILES string of the molecule is CC(C)N1C[C@@H](O)C[C@H]1c1nnc2n1CCN(Cc1ccc(F)cc1F)C2. The van der Waals surface area contributed by atoms with E-state index in [0.717, 1.165) is 30.8 Å². The molecule has 0 aliphatic carbocycles. The Bertz CT molecular complexity index is 824. The Hall–Kier alpha value is -1.90. The number of β-amino-alcohol motifs (C(OH)–C–C–N with tert-alkyl or cyclic N) is 1. The number of fused-ring (bicyclic) bond motifs is 1. The molecular weight excluding hydrogens is 352 g/mol. The molecule has 0 spiro atoms. The molecule has 4 rings (SSSR count). The van der Waals surface area contributed by atoms with Crippen molar-refractivity contribution < 1.29 is 13.9 Å². The average molecular weight is 377 g/mol. The summed E-state index contributed by atoms with van der Waals surface area (Å²) in [4.78, 5) is 4.36. The second-order valence-corrected chi connectivity index (χ2v) is 7.77. The van der Waals surface area contributed by atoms with Crippen molar-refractivity contribution in [1.82, 2.24) is 24.6 Å². The normalized spacial score (nSPS) is 23.9. The van der Waals surface area contributed by atoms with E-state index in [1.807, 2.05) is 0 Å². The quantitative estimate of drug-likeness (QED) is 0.884. The topological polar surface area (TPSA) is 57.4 Å². The van der Waals surface area contributed by atoms with Gasteiger partial charge in [-0.25, -0.2) is 8.78 Å². The van der Waals surface area contributed by atoms with Crippen LogP contribution < -0.4 is 0 Å². The van der Waals surface area contributed by atoms with Gasteiger partial charge in [0.15, 0.2) is 5.82 Å². The lowest BCUT2D eigenvalue weighted by Crippen LogP contribution is -2.36. The predicted octanol–water partition coefficient (Wildman–Crippen LogP) is 2.09. The fourth-order valence-corrected chi connectivity index (χ4v) is 4.17. The van der Waals surface area contributed by atoms with Crippen LogP contribution in [-0.4, -0.2) is 54.9 Å². The Labute approximate surface area is 157 Å². The second kappa shape index (κ2) is 7.26. The van der Waals surface area contributed by atoms with Gasteiger partial charge in [0.25, 0.3) is 0 Å². The van der Waals surface area contributed by atoms with Gasteiger partial charge in [-0.15, -0.1) is 10.2 Å². The highest BCUT2D eigenvalue weighted by molar-refractivity contribution is 5.19. The lowest BCUT2D eigenvalue weighted by atomic mass is 10.1. The van der Waals surface area contributed by atoms with E-state index in [2.05, 4.69) is 38.4 Å². The van der Waals surface area contributed by atoms with Crippen LogP contribution in [0.2, 0.25) is 0 Å². The highest BCUT2D eigenvalue weighted by Gasteiger charge is 2.37. The maximum absolute atomic E-state index is 13.9. The molecule has 2 aliphatic heterocycles. The minimum absolute atomic E-state index is 0.0716. The maximum Gasteiger partial charge on any atom is 0.150 e. The highest BCUT2D eigenvalue weighted by Crippen LogP contribution is 2.34. The Morgan fingerprint density at radius 2 is 2.04 bits per heavy atom. The molecule has 2 aliphatic rings. The second-order valence-electron chi connectivity index (χ2n) is 7.77. The van der Waals surface area contributed by atoms with Crippen molar-refractivity contribution in [1.29, 1.82) is 0 Å². The fraction of sp³-hybridized carbons (Fsp3) is 0.579. The van der Waals surface area contributed by atoms with Gasteiger partial charge in [0, 0.05) is 43.9 Å². The van der Waals surface area contributed by atoms with Crippen molar-refractivity contribution in [3.05, 3.63) is 47.0 Å². The first-order valence-corrected chi connectivity index (χ1v) is 9.44. The smallest absolute Gasteiger partial charge is 0.150 e. The number of likely N-dealkylation sites (tertiary alicyclic amines) is 1. The van der Waals surface area contributed by atoms with Crippen LogP contribution in [0.4, 0.5) is 8.78 Å². The Morgan fingerprint density at radius 3 is 2.78 bits per heavy atom. The van der Waals surface area contributed by atoms with Gasteiger partial charge >= 0.3 is 0 Å². The Balaban J connectivity index is 1.50. The number of aliphatic hydroxyl groups is 1. The zero-order chi connectivity index (χ0) is 19.1. The monoisotopic (exact) mass is 377 g/mol. The van der Waals surface area contributed by atoms with Crippen molar-refractivity contribution in [2.45, 2.75) is 58.1 Å². The maximum atomic E-state index is 13.9. The van der Waals surface area contributed by atoms with Crippen molar-refractivity contribution in [3.8, 4) is 0 Å². The van der Waals surface area contributed by atoms with E-state index in [1.54, 1.807) is 0 Å². The number of aromatic nitrogens is 3. The molecule has 0 radical (unpaired) electrons. The molecule has 1 N–H and O–H groups in total. The van der Waals surface area contributed by atoms with Crippen LogP contribution >= 0.6 is 0 Å². The summed E-state index contributed by atoms with van der Waals surface area (Å²) in [5.74, 6) is 0.676. The third-order valence-corrected chi connectivity index (χ3v) is 5.55. The summed E-state index contributed by atoms with van der Waals surface area (Å²) in [6.07, 6.45) is 0.327. The van der Waals surface area contributed by atoms with E-state index in [9.17, 15) is 13.9 Å². The minimum atomic E-state index is -0.562. The van der Waals surface area contributed by atoms with Gasteiger partial charge in [-0.1, -0.05) is 6.07 Å². The molecule has 2 aromatic rings. The first kappa shape index (κ1) is 18.5. The summed E-state index contributed by atoms with van der Waals surface area (Å²) in [6, 6.07) is 4.10. The van der Waals surface area contributed by atoms with Gasteiger partial charge in [0.2, 0.25) is 0 Å². The van der Waals surface area contributed by atoms with Crippen molar-refractivity contribution in [2.24, 2.45) is 0 Å². The van der Waals surface area contributed by atoms with Gasteiger partial charge in [-0.3, -0.25) is 9.80 Å². The molecule has 0 bridgehead atoms.